The van der Waals surface area contributed by atoms with Crippen LogP contribution in [-0.4, -0.2) is 23.6 Å². The van der Waals surface area contributed by atoms with Crippen LogP contribution in [0.25, 0.3) is 0 Å². The molecular formula is C12H17BrN2O2. The van der Waals surface area contributed by atoms with Crippen molar-refractivity contribution in [3.8, 4) is 0 Å². The number of nitrogens with zero attached hydrogens (tertiary/aromatic N) is 1. The quantitative estimate of drug-likeness (QED) is 0.849. The number of hydrogen-bond donors (Lipinski definition) is 1. The van der Waals surface area contributed by atoms with E-state index in [1.807, 2.05) is 19.9 Å². The van der Waals surface area contributed by atoms with E-state index < -0.39 is 6.04 Å². The maximum Gasteiger partial charge on any atom is 0.327 e. The molecule has 0 spiro atoms. The number of nitrogens with one attached hydrogen (secondary N) is 1. The number of pyridine rings is 1. The number of halogens is 1. The molecule has 94 valence electrons. The van der Waals surface area contributed by atoms with Crippen LogP contribution >= 0.6 is 15.9 Å². The van der Waals surface area contributed by atoms with Gasteiger partial charge in [0.1, 0.15) is 6.04 Å². The largest absolute Gasteiger partial charge is 0.465 e. The van der Waals surface area contributed by atoms with Gasteiger partial charge in [0.15, 0.2) is 0 Å². The van der Waals surface area contributed by atoms with Crippen LogP contribution in [0.15, 0.2) is 22.9 Å². The Bertz CT molecular complexity index is 383. The third kappa shape index (κ3) is 4.44. The molecule has 1 aromatic rings. The van der Waals surface area contributed by atoms with Crippen molar-refractivity contribution in [2.45, 2.75) is 32.9 Å². The van der Waals surface area contributed by atoms with E-state index in [9.17, 15) is 4.79 Å². The maximum atomic E-state index is 11.9. The van der Waals surface area contributed by atoms with Crippen molar-refractivity contribution in [2.75, 3.05) is 6.61 Å². The summed E-state index contributed by atoms with van der Waals surface area (Å²) in [5.41, 5.74) is 0.798. The number of ether oxygens (including phenoxy) is 1. The predicted molar refractivity (Wildman–Crippen MR) is 69.6 cm³/mol. The Morgan fingerprint density at radius 1 is 1.53 bits per heavy atom. The SMILES string of the molecule is CCOC(=O)C(NC(C)C)c1cncc(Br)c1. The van der Waals surface area contributed by atoms with Crippen LogP contribution in [0.2, 0.25) is 0 Å². The number of hydrogen-bond acceptors (Lipinski definition) is 4. The highest BCUT2D eigenvalue weighted by molar-refractivity contribution is 9.10. The molecule has 1 N–H and O–H groups in total. The van der Waals surface area contributed by atoms with Crippen molar-refractivity contribution in [1.82, 2.24) is 10.3 Å². The summed E-state index contributed by atoms with van der Waals surface area (Å²) in [6, 6.07) is 1.58. The topological polar surface area (TPSA) is 51.2 Å². The van der Waals surface area contributed by atoms with E-state index in [4.69, 9.17) is 4.74 Å². The van der Waals surface area contributed by atoms with Crippen molar-refractivity contribution >= 4 is 21.9 Å². The van der Waals surface area contributed by atoms with Crippen molar-refractivity contribution < 1.29 is 9.53 Å². The lowest BCUT2D eigenvalue weighted by atomic mass is 10.1. The minimum Gasteiger partial charge on any atom is -0.465 e. The van der Waals surface area contributed by atoms with Gasteiger partial charge in [0.05, 0.1) is 6.61 Å². The van der Waals surface area contributed by atoms with E-state index in [-0.39, 0.29) is 12.0 Å². The van der Waals surface area contributed by atoms with E-state index in [0.717, 1.165) is 10.0 Å². The Kier molecular flexibility index (Phi) is 5.58. The monoisotopic (exact) mass is 300 g/mol. The molecule has 1 heterocycles. The van der Waals surface area contributed by atoms with E-state index >= 15 is 0 Å². The van der Waals surface area contributed by atoms with Gasteiger partial charge in [-0.25, -0.2) is 4.79 Å². The van der Waals surface area contributed by atoms with Gasteiger partial charge >= 0.3 is 5.97 Å². The Labute approximate surface area is 110 Å². The molecule has 0 saturated heterocycles. The molecule has 1 unspecified atom stereocenters. The lowest BCUT2D eigenvalue weighted by Gasteiger charge is -2.19. The average Bonchev–Trinajstić information content (AvgIpc) is 2.26. The molecule has 1 rings (SSSR count). The molecule has 0 aliphatic rings. The lowest BCUT2D eigenvalue weighted by molar-refractivity contribution is -0.146. The van der Waals surface area contributed by atoms with Crippen molar-refractivity contribution in [3.63, 3.8) is 0 Å². The fourth-order valence-electron chi connectivity index (χ4n) is 1.45. The second-order valence-electron chi connectivity index (χ2n) is 3.94. The zero-order chi connectivity index (χ0) is 12.8. The number of carbonyl (C=O) groups is 1. The van der Waals surface area contributed by atoms with Gasteiger partial charge in [0.25, 0.3) is 0 Å². The van der Waals surface area contributed by atoms with Gasteiger partial charge in [0.2, 0.25) is 0 Å². The van der Waals surface area contributed by atoms with E-state index in [0.29, 0.717) is 6.61 Å². The standard InChI is InChI=1S/C12H17BrN2O2/c1-4-17-12(16)11(15-8(2)3)9-5-10(13)7-14-6-9/h5-8,11,15H,4H2,1-3H3. The van der Waals surface area contributed by atoms with Gasteiger partial charge in [-0.3, -0.25) is 10.3 Å². The van der Waals surface area contributed by atoms with Crippen LogP contribution < -0.4 is 5.32 Å². The highest BCUT2D eigenvalue weighted by Crippen LogP contribution is 2.18. The molecule has 1 atom stereocenters. The number of esters is 1. The van der Waals surface area contributed by atoms with Gasteiger partial charge in [-0.05, 0) is 48.3 Å². The van der Waals surface area contributed by atoms with Crippen molar-refractivity contribution in [1.29, 1.82) is 0 Å². The van der Waals surface area contributed by atoms with Crippen LogP contribution in [-0.2, 0) is 9.53 Å². The summed E-state index contributed by atoms with van der Waals surface area (Å²) >= 11 is 3.34. The summed E-state index contributed by atoms with van der Waals surface area (Å²) in [4.78, 5) is 15.9. The second kappa shape index (κ2) is 6.71. The first-order valence-electron chi connectivity index (χ1n) is 5.57. The summed E-state index contributed by atoms with van der Waals surface area (Å²) in [5, 5.41) is 3.17. The molecule has 0 aliphatic heterocycles. The molecule has 1 aromatic heterocycles. The minimum absolute atomic E-state index is 0.184. The normalized spacial score (nSPS) is 12.5. The molecule has 0 bridgehead atoms. The van der Waals surface area contributed by atoms with Gasteiger partial charge in [-0.1, -0.05) is 0 Å². The molecule has 0 saturated carbocycles. The zero-order valence-electron chi connectivity index (χ0n) is 10.2. The van der Waals surface area contributed by atoms with Gasteiger partial charge in [-0.15, -0.1) is 0 Å². The molecule has 0 fully saturated rings. The fraction of sp³-hybridized carbons (Fsp3) is 0.500. The highest BCUT2D eigenvalue weighted by atomic mass is 79.9. The first-order chi connectivity index (χ1) is 8.04. The summed E-state index contributed by atoms with van der Waals surface area (Å²) in [7, 11) is 0. The molecule has 0 radical (unpaired) electrons. The highest BCUT2D eigenvalue weighted by Gasteiger charge is 2.22. The van der Waals surface area contributed by atoms with E-state index in [1.165, 1.54) is 0 Å². The lowest BCUT2D eigenvalue weighted by Crippen LogP contribution is -2.34. The van der Waals surface area contributed by atoms with Crippen LogP contribution in [0, 0.1) is 0 Å². The van der Waals surface area contributed by atoms with E-state index in [1.54, 1.807) is 19.3 Å². The van der Waals surface area contributed by atoms with Crippen LogP contribution in [0.4, 0.5) is 0 Å². The second-order valence-corrected chi connectivity index (χ2v) is 4.86. The van der Waals surface area contributed by atoms with Crippen molar-refractivity contribution in [3.05, 3.63) is 28.5 Å². The minimum atomic E-state index is -0.472. The summed E-state index contributed by atoms with van der Waals surface area (Å²) < 4.78 is 5.90. The number of carbonyl (C=O) groups excluding carboxylic acids is 1. The van der Waals surface area contributed by atoms with Crippen LogP contribution in [0.3, 0.4) is 0 Å². The summed E-state index contributed by atoms with van der Waals surface area (Å²) in [6.45, 7) is 6.13. The predicted octanol–water partition coefficient (Wildman–Crippen LogP) is 2.45. The number of aromatic nitrogens is 1. The first-order valence-corrected chi connectivity index (χ1v) is 6.37. The summed E-state index contributed by atoms with van der Waals surface area (Å²) in [6.07, 6.45) is 3.35. The maximum absolute atomic E-state index is 11.9. The van der Waals surface area contributed by atoms with Crippen LogP contribution in [0.5, 0.6) is 0 Å². The third-order valence-corrected chi connectivity index (χ3v) is 2.52. The summed E-state index contributed by atoms with van der Waals surface area (Å²) in [5.74, 6) is -0.277. The number of rotatable bonds is 5. The molecule has 0 aromatic carbocycles. The molecular weight excluding hydrogens is 284 g/mol. The first kappa shape index (κ1) is 14.1. The smallest absolute Gasteiger partial charge is 0.327 e. The molecule has 4 nitrogen and oxygen atoms in total. The third-order valence-electron chi connectivity index (χ3n) is 2.08. The Hall–Kier alpha value is -0.940. The van der Waals surface area contributed by atoms with Gasteiger partial charge < -0.3 is 4.74 Å². The molecule has 5 heteroatoms. The Morgan fingerprint density at radius 2 is 2.24 bits per heavy atom. The van der Waals surface area contributed by atoms with Crippen molar-refractivity contribution in [2.24, 2.45) is 0 Å². The van der Waals surface area contributed by atoms with Crippen LogP contribution in [0.1, 0.15) is 32.4 Å². The Balaban J connectivity index is 2.93. The van der Waals surface area contributed by atoms with Gasteiger partial charge in [-0.2, -0.15) is 0 Å². The average molecular weight is 301 g/mol. The molecule has 0 amide bonds. The molecule has 17 heavy (non-hydrogen) atoms. The zero-order valence-corrected chi connectivity index (χ0v) is 11.8. The van der Waals surface area contributed by atoms with E-state index in [2.05, 4.69) is 26.2 Å². The molecule has 0 aliphatic carbocycles. The van der Waals surface area contributed by atoms with Gasteiger partial charge in [0, 0.05) is 22.9 Å². The Morgan fingerprint density at radius 3 is 2.76 bits per heavy atom. The fourth-order valence-corrected chi connectivity index (χ4v) is 1.83.